The molecule has 0 aromatic rings. The maximum Gasteiger partial charge on any atom is 0.303 e. The van der Waals surface area contributed by atoms with Crippen LogP contribution in [0.2, 0.25) is 0 Å². The Morgan fingerprint density at radius 3 is 2.17 bits per heavy atom. The Balaban J connectivity index is 2.35. The van der Waals surface area contributed by atoms with Gasteiger partial charge in [-0.3, -0.25) is 9.59 Å². The van der Waals surface area contributed by atoms with Gasteiger partial charge in [0.2, 0.25) is 0 Å². The molecule has 2 aliphatic carbocycles. The second kappa shape index (κ2) is 3.72. The topological polar surface area (TPSA) is 52.6 Å². The molecule has 2 rings (SSSR count). The Kier molecular flexibility index (Phi) is 2.76. The van der Waals surface area contributed by atoms with Crippen molar-refractivity contribution in [2.45, 2.75) is 65.6 Å². The second-order valence-electron chi connectivity index (χ2n) is 6.43. The summed E-state index contributed by atoms with van der Waals surface area (Å²) in [5, 5.41) is 0. The summed E-state index contributed by atoms with van der Waals surface area (Å²) < 4.78 is 11.1. The number of carbonyl (C=O) groups is 2. The molecular formula is C14H22O4. The molecule has 0 spiro atoms. The van der Waals surface area contributed by atoms with E-state index < -0.39 is 5.60 Å². The molecule has 4 heteroatoms. The number of hydrogen-bond donors (Lipinski definition) is 0. The van der Waals surface area contributed by atoms with E-state index in [0.29, 0.717) is 6.42 Å². The molecule has 0 unspecified atom stereocenters. The van der Waals surface area contributed by atoms with Gasteiger partial charge in [0, 0.05) is 31.1 Å². The van der Waals surface area contributed by atoms with E-state index in [-0.39, 0.29) is 28.9 Å². The van der Waals surface area contributed by atoms with Crippen LogP contribution in [0.5, 0.6) is 0 Å². The van der Waals surface area contributed by atoms with Crippen molar-refractivity contribution in [1.29, 1.82) is 0 Å². The van der Waals surface area contributed by atoms with Crippen molar-refractivity contribution in [1.82, 2.24) is 0 Å². The van der Waals surface area contributed by atoms with Crippen molar-refractivity contribution in [3.8, 4) is 0 Å². The normalized spacial score (nSPS) is 40.6. The monoisotopic (exact) mass is 254 g/mol. The minimum Gasteiger partial charge on any atom is -0.462 e. The van der Waals surface area contributed by atoms with Crippen LogP contribution in [0.1, 0.15) is 53.9 Å². The fraction of sp³-hybridized carbons (Fsp3) is 0.857. The Labute approximate surface area is 108 Å². The highest BCUT2D eigenvalue weighted by atomic mass is 16.6. The molecule has 0 aromatic heterocycles. The van der Waals surface area contributed by atoms with Crippen molar-refractivity contribution in [2.24, 2.45) is 10.8 Å². The van der Waals surface area contributed by atoms with E-state index in [1.165, 1.54) is 13.8 Å². The van der Waals surface area contributed by atoms with Crippen LogP contribution in [-0.4, -0.2) is 23.6 Å². The molecule has 0 N–H and O–H groups in total. The fourth-order valence-electron chi connectivity index (χ4n) is 3.92. The number of rotatable bonds is 2. The quantitative estimate of drug-likeness (QED) is 0.710. The third-order valence-electron chi connectivity index (χ3n) is 5.49. The molecular weight excluding hydrogens is 232 g/mol. The Bertz CT molecular complexity index is 398. The first kappa shape index (κ1) is 13.4. The molecule has 2 fully saturated rings. The molecule has 0 heterocycles. The van der Waals surface area contributed by atoms with Gasteiger partial charge >= 0.3 is 11.9 Å². The molecule has 2 aliphatic rings. The van der Waals surface area contributed by atoms with Gasteiger partial charge in [-0.15, -0.1) is 0 Å². The molecule has 0 amide bonds. The van der Waals surface area contributed by atoms with E-state index in [1.54, 1.807) is 0 Å². The highest BCUT2D eigenvalue weighted by Gasteiger charge is 2.72. The predicted octanol–water partition coefficient (Wildman–Crippen LogP) is 2.45. The fourth-order valence-corrected chi connectivity index (χ4v) is 3.92. The van der Waals surface area contributed by atoms with Crippen LogP contribution in [0.3, 0.4) is 0 Å². The van der Waals surface area contributed by atoms with Gasteiger partial charge in [-0.2, -0.15) is 0 Å². The second-order valence-corrected chi connectivity index (χ2v) is 6.43. The highest BCUT2D eigenvalue weighted by molar-refractivity contribution is 5.67. The van der Waals surface area contributed by atoms with Gasteiger partial charge in [-0.05, 0) is 12.8 Å². The van der Waals surface area contributed by atoms with Crippen molar-refractivity contribution in [3.63, 3.8) is 0 Å². The number of ether oxygens (including phenoxy) is 2. The van der Waals surface area contributed by atoms with Gasteiger partial charge in [0.05, 0.1) is 0 Å². The lowest BCUT2D eigenvalue weighted by Gasteiger charge is -2.40. The van der Waals surface area contributed by atoms with Gasteiger partial charge in [-0.1, -0.05) is 20.8 Å². The predicted molar refractivity (Wildman–Crippen MR) is 65.8 cm³/mol. The molecule has 102 valence electrons. The summed E-state index contributed by atoms with van der Waals surface area (Å²) in [5.41, 5.74) is -0.770. The minimum atomic E-state index is -0.478. The molecule has 0 aromatic carbocycles. The molecule has 2 bridgehead atoms. The Hall–Kier alpha value is -1.06. The van der Waals surface area contributed by atoms with Crippen LogP contribution in [0.15, 0.2) is 0 Å². The molecule has 3 atom stereocenters. The smallest absolute Gasteiger partial charge is 0.303 e. The van der Waals surface area contributed by atoms with Gasteiger partial charge in [0.15, 0.2) is 0 Å². The first-order valence-corrected chi connectivity index (χ1v) is 6.51. The molecule has 0 saturated heterocycles. The summed E-state index contributed by atoms with van der Waals surface area (Å²) in [6.07, 6.45) is 2.24. The number of fused-ring (bicyclic) bond motifs is 2. The van der Waals surface area contributed by atoms with Crippen molar-refractivity contribution < 1.29 is 19.1 Å². The summed E-state index contributed by atoms with van der Waals surface area (Å²) >= 11 is 0. The maximum absolute atomic E-state index is 11.4. The highest BCUT2D eigenvalue weighted by Crippen LogP contribution is 2.69. The summed E-state index contributed by atoms with van der Waals surface area (Å²) in [6, 6.07) is 0. The number of esters is 2. The Morgan fingerprint density at radius 1 is 1.06 bits per heavy atom. The zero-order valence-corrected chi connectivity index (χ0v) is 11.8. The van der Waals surface area contributed by atoms with Crippen LogP contribution >= 0.6 is 0 Å². The largest absolute Gasteiger partial charge is 0.462 e. The van der Waals surface area contributed by atoms with Crippen LogP contribution < -0.4 is 0 Å². The lowest BCUT2D eigenvalue weighted by atomic mass is 9.69. The van der Waals surface area contributed by atoms with E-state index in [9.17, 15) is 9.59 Å². The van der Waals surface area contributed by atoms with Crippen LogP contribution in [-0.2, 0) is 19.1 Å². The van der Waals surface area contributed by atoms with E-state index in [4.69, 9.17) is 9.47 Å². The summed E-state index contributed by atoms with van der Waals surface area (Å²) in [7, 11) is 0. The number of hydrogen-bond acceptors (Lipinski definition) is 4. The summed E-state index contributed by atoms with van der Waals surface area (Å²) in [5.74, 6) is -0.515. The first-order chi connectivity index (χ1) is 8.15. The van der Waals surface area contributed by atoms with Gasteiger partial charge < -0.3 is 9.47 Å². The zero-order valence-electron chi connectivity index (χ0n) is 11.8. The third-order valence-corrected chi connectivity index (χ3v) is 5.49. The van der Waals surface area contributed by atoms with Gasteiger partial charge in [0.25, 0.3) is 0 Å². The molecule has 0 radical (unpaired) electrons. The van der Waals surface area contributed by atoms with Crippen LogP contribution in [0, 0.1) is 10.8 Å². The summed E-state index contributed by atoms with van der Waals surface area (Å²) in [4.78, 5) is 22.6. The van der Waals surface area contributed by atoms with Gasteiger partial charge in [0.1, 0.15) is 11.7 Å². The van der Waals surface area contributed by atoms with Crippen molar-refractivity contribution in [2.75, 3.05) is 0 Å². The molecule has 2 saturated carbocycles. The van der Waals surface area contributed by atoms with E-state index in [0.717, 1.165) is 12.8 Å². The third kappa shape index (κ3) is 1.50. The van der Waals surface area contributed by atoms with Crippen LogP contribution in [0.4, 0.5) is 0 Å². The first-order valence-electron chi connectivity index (χ1n) is 6.51. The average molecular weight is 254 g/mol. The standard InChI is InChI=1S/C14H22O4/c1-9(15)17-11-8-14(18-10(2)16)7-6-13(11,5)12(14,3)4/h11H,6-8H2,1-5H3/t11-,13+,14+/m0/s1. The van der Waals surface area contributed by atoms with E-state index in [1.807, 2.05) is 0 Å². The van der Waals surface area contributed by atoms with Gasteiger partial charge in [-0.25, -0.2) is 0 Å². The van der Waals surface area contributed by atoms with E-state index in [2.05, 4.69) is 20.8 Å². The van der Waals surface area contributed by atoms with Crippen molar-refractivity contribution in [3.05, 3.63) is 0 Å². The number of carbonyl (C=O) groups excluding carboxylic acids is 2. The molecule has 18 heavy (non-hydrogen) atoms. The summed E-state index contributed by atoms with van der Waals surface area (Å²) in [6.45, 7) is 9.25. The minimum absolute atomic E-state index is 0.117. The lowest BCUT2D eigenvalue weighted by Crippen LogP contribution is -2.43. The SMILES string of the molecule is CC(=O)O[C@H]1C[C@]2(OC(C)=O)CC[C@@]1(C)C2(C)C. The lowest BCUT2D eigenvalue weighted by molar-refractivity contribution is -0.167. The van der Waals surface area contributed by atoms with Crippen molar-refractivity contribution >= 4 is 11.9 Å². The van der Waals surface area contributed by atoms with Crippen LogP contribution in [0.25, 0.3) is 0 Å². The molecule has 0 aliphatic heterocycles. The average Bonchev–Trinajstić information content (AvgIpc) is 2.46. The zero-order chi connectivity index (χ0) is 13.8. The maximum atomic E-state index is 11.4. The Morgan fingerprint density at radius 2 is 1.67 bits per heavy atom. The molecule has 4 nitrogen and oxygen atoms in total. The van der Waals surface area contributed by atoms with E-state index >= 15 is 0 Å².